The van der Waals surface area contributed by atoms with E-state index in [9.17, 15) is 4.79 Å². The van der Waals surface area contributed by atoms with Crippen LogP contribution in [0.25, 0.3) is 0 Å². The van der Waals surface area contributed by atoms with E-state index < -0.39 is 0 Å². The number of hydrogen-bond acceptors (Lipinski definition) is 2. The van der Waals surface area contributed by atoms with Crippen LogP contribution in [0.3, 0.4) is 0 Å². The number of amides is 1. The van der Waals surface area contributed by atoms with Crippen molar-refractivity contribution in [1.29, 1.82) is 0 Å². The highest BCUT2D eigenvalue weighted by atomic mass is 16.1. The number of nitrogens with one attached hydrogen (secondary N) is 1. The lowest BCUT2D eigenvalue weighted by Crippen LogP contribution is -2.33. The van der Waals surface area contributed by atoms with Gasteiger partial charge in [-0.15, -0.1) is 12.3 Å². The van der Waals surface area contributed by atoms with Gasteiger partial charge in [0.15, 0.2) is 0 Å². The molecule has 13 heavy (non-hydrogen) atoms. The van der Waals surface area contributed by atoms with Gasteiger partial charge in [-0.1, -0.05) is 0 Å². The molecular weight excluding hydrogens is 164 g/mol. The monoisotopic (exact) mass is 182 g/mol. The quantitative estimate of drug-likeness (QED) is 0.478. The zero-order chi connectivity index (χ0) is 10.1. The summed E-state index contributed by atoms with van der Waals surface area (Å²) in [6.07, 6.45) is 7.83. The molecule has 0 aliphatic carbocycles. The largest absolute Gasteiger partial charge is 0.355 e. The molecule has 0 saturated carbocycles. The Labute approximate surface area is 80.5 Å². The number of unbranched alkanes of at least 4 members (excludes halogenated alkanes) is 2. The third kappa shape index (κ3) is 8.90. The van der Waals surface area contributed by atoms with Gasteiger partial charge in [-0.05, 0) is 26.9 Å². The molecule has 0 aliphatic rings. The zero-order valence-corrected chi connectivity index (χ0v) is 8.47. The van der Waals surface area contributed by atoms with E-state index in [0.29, 0.717) is 6.54 Å². The minimum Gasteiger partial charge on any atom is -0.355 e. The van der Waals surface area contributed by atoms with Crippen LogP contribution in [0.2, 0.25) is 0 Å². The number of carbonyl (C=O) groups excluding carboxylic acids is 1. The van der Waals surface area contributed by atoms with Gasteiger partial charge in [-0.2, -0.15) is 0 Å². The van der Waals surface area contributed by atoms with E-state index in [4.69, 9.17) is 6.42 Å². The van der Waals surface area contributed by atoms with Crippen molar-refractivity contribution in [2.24, 2.45) is 0 Å². The lowest BCUT2D eigenvalue weighted by atomic mass is 10.2. The molecule has 0 heterocycles. The fourth-order valence-corrected chi connectivity index (χ4v) is 0.923. The second-order valence-electron chi connectivity index (χ2n) is 3.25. The molecule has 0 atom stereocenters. The van der Waals surface area contributed by atoms with Crippen molar-refractivity contribution in [2.75, 3.05) is 27.2 Å². The Kier molecular flexibility index (Phi) is 7.04. The van der Waals surface area contributed by atoms with Crippen LogP contribution < -0.4 is 5.32 Å². The minimum absolute atomic E-state index is 0.0747. The maximum atomic E-state index is 11.1. The van der Waals surface area contributed by atoms with Crippen molar-refractivity contribution in [3.05, 3.63) is 0 Å². The molecule has 1 N–H and O–H groups in total. The number of terminal acetylenes is 1. The first kappa shape index (κ1) is 12.0. The molecular formula is C10H18N2O. The third-order valence-corrected chi connectivity index (χ3v) is 1.53. The molecule has 0 fully saturated rings. The van der Waals surface area contributed by atoms with E-state index in [1.807, 2.05) is 19.0 Å². The highest BCUT2D eigenvalue weighted by Crippen LogP contribution is 1.91. The van der Waals surface area contributed by atoms with Crippen LogP contribution in [0.4, 0.5) is 0 Å². The van der Waals surface area contributed by atoms with Crippen molar-refractivity contribution in [3.63, 3.8) is 0 Å². The predicted octanol–water partition coefficient (Wildman–Crippen LogP) is 0.468. The fraction of sp³-hybridized carbons (Fsp3) is 0.700. The normalized spacial score (nSPS) is 9.69. The SMILES string of the molecule is C#CCCCCNC(=O)CN(C)C. The van der Waals surface area contributed by atoms with Gasteiger partial charge in [-0.3, -0.25) is 4.79 Å². The van der Waals surface area contributed by atoms with E-state index in [2.05, 4.69) is 11.2 Å². The van der Waals surface area contributed by atoms with E-state index in [1.165, 1.54) is 0 Å². The highest BCUT2D eigenvalue weighted by molar-refractivity contribution is 5.77. The van der Waals surface area contributed by atoms with Gasteiger partial charge in [0.2, 0.25) is 5.91 Å². The van der Waals surface area contributed by atoms with Crippen molar-refractivity contribution in [3.8, 4) is 12.3 Å². The topological polar surface area (TPSA) is 32.3 Å². The summed E-state index contributed by atoms with van der Waals surface area (Å²) < 4.78 is 0. The Hall–Kier alpha value is -1.01. The van der Waals surface area contributed by atoms with E-state index in [1.54, 1.807) is 0 Å². The number of hydrogen-bond donors (Lipinski definition) is 1. The predicted molar refractivity (Wildman–Crippen MR) is 54.2 cm³/mol. The lowest BCUT2D eigenvalue weighted by Gasteiger charge is -2.09. The molecule has 0 saturated heterocycles. The number of carbonyl (C=O) groups is 1. The smallest absolute Gasteiger partial charge is 0.234 e. The highest BCUT2D eigenvalue weighted by Gasteiger charge is 2.00. The van der Waals surface area contributed by atoms with Crippen LogP contribution in [-0.4, -0.2) is 38.0 Å². The average molecular weight is 182 g/mol. The van der Waals surface area contributed by atoms with E-state index >= 15 is 0 Å². The molecule has 0 bridgehead atoms. The summed E-state index contributed by atoms with van der Waals surface area (Å²) in [6.45, 7) is 1.18. The van der Waals surface area contributed by atoms with Crippen molar-refractivity contribution >= 4 is 5.91 Å². The summed E-state index contributed by atoms with van der Waals surface area (Å²) in [6, 6.07) is 0. The fourth-order valence-electron chi connectivity index (χ4n) is 0.923. The second-order valence-corrected chi connectivity index (χ2v) is 3.25. The first-order valence-electron chi connectivity index (χ1n) is 4.51. The Morgan fingerprint density at radius 1 is 1.46 bits per heavy atom. The van der Waals surface area contributed by atoms with Crippen molar-refractivity contribution in [2.45, 2.75) is 19.3 Å². The van der Waals surface area contributed by atoms with Gasteiger partial charge in [0.1, 0.15) is 0 Å². The summed E-state index contributed by atoms with van der Waals surface area (Å²) >= 11 is 0. The zero-order valence-electron chi connectivity index (χ0n) is 8.47. The first-order chi connectivity index (χ1) is 6.16. The number of nitrogens with zero attached hydrogens (tertiary/aromatic N) is 1. The number of likely N-dealkylation sites (N-methyl/N-ethyl adjacent to an activating group) is 1. The van der Waals surface area contributed by atoms with Gasteiger partial charge >= 0.3 is 0 Å². The Morgan fingerprint density at radius 3 is 2.69 bits per heavy atom. The van der Waals surface area contributed by atoms with Crippen molar-refractivity contribution in [1.82, 2.24) is 10.2 Å². The summed E-state index contributed by atoms with van der Waals surface area (Å²) in [5.74, 6) is 2.64. The summed E-state index contributed by atoms with van der Waals surface area (Å²) in [5.41, 5.74) is 0. The molecule has 0 aliphatic heterocycles. The molecule has 0 spiro atoms. The molecule has 0 unspecified atom stereocenters. The van der Waals surface area contributed by atoms with Gasteiger partial charge in [0.05, 0.1) is 6.54 Å². The lowest BCUT2D eigenvalue weighted by molar-refractivity contribution is -0.121. The molecule has 3 nitrogen and oxygen atoms in total. The Bertz CT molecular complexity index is 182. The molecule has 0 aromatic rings. The molecule has 0 aromatic heterocycles. The maximum absolute atomic E-state index is 11.1. The van der Waals surface area contributed by atoms with Crippen LogP contribution in [0.5, 0.6) is 0 Å². The summed E-state index contributed by atoms with van der Waals surface area (Å²) in [5, 5.41) is 2.82. The Balaban J connectivity index is 3.23. The van der Waals surface area contributed by atoms with Crippen LogP contribution in [-0.2, 0) is 4.79 Å². The second kappa shape index (κ2) is 7.63. The molecule has 0 aromatic carbocycles. The first-order valence-corrected chi connectivity index (χ1v) is 4.51. The van der Waals surface area contributed by atoms with Gasteiger partial charge in [0.25, 0.3) is 0 Å². The Morgan fingerprint density at radius 2 is 2.15 bits per heavy atom. The van der Waals surface area contributed by atoms with Crippen LogP contribution >= 0.6 is 0 Å². The van der Waals surface area contributed by atoms with Gasteiger partial charge in [0, 0.05) is 13.0 Å². The third-order valence-electron chi connectivity index (χ3n) is 1.53. The molecule has 74 valence electrons. The number of rotatable bonds is 6. The summed E-state index contributed by atoms with van der Waals surface area (Å²) in [4.78, 5) is 12.9. The van der Waals surface area contributed by atoms with Crippen LogP contribution in [0.15, 0.2) is 0 Å². The van der Waals surface area contributed by atoms with E-state index in [-0.39, 0.29) is 5.91 Å². The molecule has 3 heteroatoms. The molecule has 0 rings (SSSR count). The molecule has 0 radical (unpaired) electrons. The molecule has 1 amide bonds. The minimum atomic E-state index is 0.0747. The average Bonchev–Trinajstić information content (AvgIpc) is 2.02. The van der Waals surface area contributed by atoms with Gasteiger partial charge < -0.3 is 10.2 Å². The maximum Gasteiger partial charge on any atom is 0.234 e. The van der Waals surface area contributed by atoms with Crippen LogP contribution in [0, 0.1) is 12.3 Å². The van der Waals surface area contributed by atoms with E-state index in [0.717, 1.165) is 25.8 Å². The standard InChI is InChI=1S/C10H18N2O/c1-4-5-6-7-8-11-10(13)9-12(2)3/h1H,5-9H2,2-3H3,(H,11,13). The summed E-state index contributed by atoms with van der Waals surface area (Å²) in [7, 11) is 3.75. The van der Waals surface area contributed by atoms with Gasteiger partial charge in [-0.25, -0.2) is 0 Å². The van der Waals surface area contributed by atoms with Crippen molar-refractivity contribution < 1.29 is 4.79 Å². The van der Waals surface area contributed by atoms with Crippen LogP contribution in [0.1, 0.15) is 19.3 Å².